The molecule has 0 bridgehead atoms. The van der Waals surface area contributed by atoms with Crippen LogP contribution in [-0.4, -0.2) is 60.8 Å². The van der Waals surface area contributed by atoms with Gasteiger partial charge in [0, 0.05) is 37.6 Å². The molecule has 0 unspecified atom stereocenters. The van der Waals surface area contributed by atoms with Gasteiger partial charge in [0.25, 0.3) is 20.0 Å². The Morgan fingerprint density at radius 2 is 0.933 bits per heavy atom. The summed E-state index contributed by atoms with van der Waals surface area (Å²) in [6, 6.07) is 22.4. The average molecular weight is 891 g/mol. The summed E-state index contributed by atoms with van der Waals surface area (Å²) >= 11 is 12.2. The topological polar surface area (TPSA) is 173 Å². The van der Waals surface area contributed by atoms with Crippen molar-refractivity contribution in [3.63, 3.8) is 0 Å². The maximum atomic E-state index is 13.4. The normalized spacial score (nSPS) is 11.5. The van der Waals surface area contributed by atoms with Crippen LogP contribution in [0.15, 0.2) is 132 Å². The van der Waals surface area contributed by atoms with Crippen LogP contribution in [0, 0.1) is 17.6 Å². The second-order valence-electron chi connectivity index (χ2n) is 13.0. The molecule has 0 amide bonds. The number of rotatable bonds is 9. The van der Waals surface area contributed by atoms with Crippen LogP contribution in [0.2, 0.25) is 10.3 Å². The van der Waals surface area contributed by atoms with Crippen molar-refractivity contribution in [1.82, 2.24) is 29.9 Å². The molecular weight excluding hydrogens is 863 g/mol. The van der Waals surface area contributed by atoms with Crippen molar-refractivity contribution in [2.24, 2.45) is 0 Å². The number of halogens is 5. The largest absolute Gasteiger partial charge is 0.361 e. The van der Waals surface area contributed by atoms with E-state index < -0.39 is 37.6 Å². The Morgan fingerprint density at radius 1 is 0.500 bits per heavy atom. The molecule has 0 radical (unpaired) electrons. The quantitative estimate of drug-likeness (QED) is 0.133. The van der Waals surface area contributed by atoms with Gasteiger partial charge in [0.2, 0.25) is 5.95 Å². The molecule has 0 atom stereocenters. The van der Waals surface area contributed by atoms with Crippen LogP contribution in [-0.2, 0) is 20.0 Å². The zero-order chi connectivity index (χ0) is 42.8. The molecule has 13 nitrogen and oxygen atoms in total. The van der Waals surface area contributed by atoms with E-state index in [2.05, 4.69) is 39.3 Å². The van der Waals surface area contributed by atoms with E-state index in [0.29, 0.717) is 39.1 Å². The van der Waals surface area contributed by atoms with E-state index >= 15 is 0 Å². The van der Waals surface area contributed by atoms with Crippen molar-refractivity contribution < 1.29 is 30.0 Å². The Bertz CT molecular complexity index is 3130. The molecule has 4 aromatic heterocycles. The molecule has 8 aromatic rings. The lowest BCUT2D eigenvalue weighted by molar-refractivity contribution is 0.583. The second kappa shape index (κ2) is 17.0. The van der Waals surface area contributed by atoms with Gasteiger partial charge in [0.15, 0.2) is 10.3 Å². The number of fused-ring (bicyclic) bond motifs is 2. The van der Waals surface area contributed by atoms with Crippen LogP contribution in [0.1, 0.15) is 0 Å². The summed E-state index contributed by atoms with van der Waals surface area (Å²) in [5.74, 6) is -1.08. The van der Waals surface area contributed by atoms with Crippen molar-refractivity contribution in [3.05, 3.63) is 150 Å². The number of aromatic nitrogens is 6. The monoisotopic (exact) mass is 889 g/mol. The summed E-state index contributed by atoms with van der Waals surface area (Å²) < 4.78 is 94.7. The summed E-state index contributed by atoms with van der Waals surface area (Å²) in [5.41, 5.74) is 4.96. The first-order chi connectivity index (χ1) is 28.5. The van der Waals surface area contributed by atoms with Gasteiger partial charge < -0.3 is 4.90 Å². The maximum Gasteiger partial charge on any atom is 0.261 e. The van der Waals surface area contributed by atoms with Crippen molar-refractivity contribution in [2.45, 2.75) is 9.79 Å². The fraction of sp³-hybridized carbons (Fsp3) is 0.0500. The van der Waals surface area contributed by atoms with Crippen LogP contribution >= 0.6 is 23.2 Å². The summed E-state index contributed by atoms with van der Waals surface area (Å²) in [7, 11) is -4.22. The molecule has 0 saturated carbocycles. The Balaban J connectivity index is 0.000000182. The highest BCUT2D eigenvalue weighted by Gasteiger charge is 2.19. The van der Waals surface area contributed by atoms with Crippen LogP contribution in [0.4, 0.5) is 30.4 Å². The van der Waals surface area contributed by atoms with Crippen molar-refractivity contribution >= 4 is 82.5 Å². The number of benzene rings is 4. The van der Waals surface area contributed by atoms with Crippen molar-refractivity contribution in [2.75, 3.05) is 28.4 Å². The minimum absolute atomic E-state index is 0.00934. The Labute approximate surface area is 351 Å². The van der Waals surface area contributed by atoms with E-state index in [-0.39, 0.29) is 31.5 Å². The Hall–Kier alpha value is -6.47. The Kier molecular flexibility index (Phi) is 11.8. The fourth-order valence-electron chi connectivity index (χ4n) is 5.56. The van der Waals surface area contributed by atoms with E-state index in [9.17, 15) is 30.0 Å². The third-order valence-electron chi connectivity index (χ3n) is 8.58. The third-order valence-corrected chi connectivity index (χ3v) is 11.9. The van der Waals surface area contributed by atoms with Crippen LogP contribution in [0.3, 0.4) is 0 Å². The molecule has 0 aliphatic rings. The van der Waals surface area contributed by atoms with E-state index in [0.717, 1.165) is 53.7 Å². The van der Waals surface area contributed by atoms with E-state index in [4.69, 9.17) is 23.2 Å². The van der Waals surface area contributed by atoms with Crippen molar-refractivity contribution in [3.8, 4) is 22.3 Å². The average Bonchev–Trinajstić information content (AvgIpc) is 3.22. The number of pyridine rings is 2. The lowest BCUT2D eigenvalue weighted by Crippen LogP contribution is -2.13. The molecule has 0 aliphatic carbocycles. The van der Waals surface area contributed by atoms with Gasteiger partial charge in [-0.25, -0.2) is 50.5 Å². The van der Waals surface area contributed by atoms with Gasteiger partial charge in [-0.05, 0) is 96.1 Å². The first kappa shape index (κ1) is 41.7. The van der Waals surface area contributed by atoms with E-state index in [1.54, 1.807) is 36.7 Å². The van der Waals surface area contributed by atoms with Gasteiger partial charge in [-0.3, -0.25) is 14.4 Å². The standard InChI is InChI=1S/C21H17ClFN5O2S.C19H11ClF2N4O2S/c1-28(2)20-12-24-17-8-3-13(9-18(17)26-20)14-10-19(21(22)25-11-14)27-31(29,30)16-6-4-15(23)5-7-16;20-19-17(26-29(27,28)14-4-2-13(21)3-5-14)8-12(9-24-19)11-1-6-15-16(7-11)25-18(22)10-23-15/h3-12,27H,1-2H3;1-10,26H. The van der Waals surface area contributed by atoms with Gasteiger partial charge in [0.05, 0.1) is 55.6 Å². The molecule has 0 saturated heterocycles. The van der Waals surface area contributed by atoms with E-state index in [1.807, 2.05) is 37.2 Å². The molecule has 60 heavy (non-hydrogen) atoms. The molecule has 8 rings (SSSR count). The molecule has 0 fully saturated rings. The fourth-order valence-corrected chi connectivity index (χ4v) is 8.08. The third kappa shape index (κ3) is 9.52. The van der Waals surface area contributed by atoms with E-state index in [1.165, 1.54) is 24.4 Å². The smallest absolute Gasteiger partial charge is 0.261 e. The number of nitrogens with one attached hydrogen (secondary N) is 2. The SMILES string of the molecule is CN(C)c1cnc2ccc(-c3cnc(Cl)c(NS(=O)(=O)c4ccc(F)cc4)c3)cc2n1.O=S(=O)(Nc1cc(-c2ccc3ncc(F)nc3c2)cnc1Cl)c1ccc(F)cc1. The zero-order valence-electron chi connectivity index (χ0n) is 31.0. The van der Waals surface area contributed by atoms with Gasteiger partial charge in [0.1, 0.15) is 17.5 Å². The number of hydrogen-bond donors (Lipinski definition) is 2. The second-order valence-corrected chi connectivity index (χ2v) is 17.0. The number of hydrogen-bond acceptors (Lipinski definition) is 11. The highest BCUT2D eigenvalue weighted by Crippen LogP contribution is 2.32. The molecule has 4 aromatic carbocycles. The first-order valence-corrected chi connectivity index (χ1v) is 21.0. The molecule has 2 N–H and O–H groups in total. The van der Waals surface area contributed by atoms with Crippen LogP contribution in [0.25, 0.3) is 44.3 Å². The molecule has 4 heterocycles. The number of sulfonamides is 2. The lowest BCUT2D eigenvalue weighted by Gasteiger charge is -2.12. The predicted octanol–water partition coefficient (Wildman–Crippen LogP) is 8.78. The summed E-state index contributed by atoms with van der Waals surface area (Å²) in [6.07, 6.45) is 5.71. The van der Waals surface area contributed by atoms with Crippen LogP contribution in [0.5, 0.6) is 0 Å². The highest BCUT2D eigenvalue weighted by molar-refractivity contribution is 7.93. The summed E-state index contributed by atoms with van der Waals surface area (Å²) in [5, 5.41) is -0.0732. The predicted molar refractivity (Wildman–Crippen MR) is 224 cm³/mol. The zero-order valence-corrected chi connectivity index (χ0v) is 34.2. The summed E-state index contributed by atoms with van der Waals surface area (Å²) in [6.45, 7) is 0. The number of anilines is 3. The molecule has 0 spiro atoms. The summed E-state index contributed by atoms with van der Waals surface area (Å²) in [4.78, 5) is 26.5. The number of nitrogens with zero attached hydrogens (tertiary/aromatic N) is 7. The molecule has 304 valence electrons. The van der Waals surface area contributed by atoms with Gasteiger partial charge in [-0.2, -0.15) is 4.39 Å². The maximum absolute atomic E-state index is 13.4. The van der Waals surface area contributed by atoms with Crippen LogP contribution < -0.4 is 14.3 Å². The van der Waals surface area contributed by atoms with Crippen molar-refractivity contribution in [1.29, 1.82) is 0 Å². The van der Waals surface area contributed by atoms with Gasteiger partial charge >= 0.3 is 0 Å². The molecular formula is C40H28Cl2F3N9O4S2. The van der Waals surface area contributed by atoms with Gasteiger partial charge in [-0.1, -0.05) is 35.3 Å². The molecule has 20 heteroatoms. The van der Waals surface area contributed by atoms with Gasteiger partial charge in [-0.15, -0.1) is 0 Å². The highest BCUT2D eigenvalue weighted by atomic mass is 35.5. The minimum atomic E-state index is -4.00. The lowest BCUT2D eigenvalue weighted by atomic mass is 10.1. The molecule has 0 aliphatic heterocycles. The Morgan fingerprint density at radius 3 is 1.38 bits per heavy atom. The minimum Gasteiger partial charge on any atom is -0.361 e. The first-order valence-electron chi connectivity index (χ1n) is 17.3.